The van der Waals surface area contributed by atoms with Gasteiger partial charge in [-0.3, -0.25) is 4.39 Å². The Hall–Kier alpha value is -3.53. The summed E-state index contributed by atoms with van der Waals surface area (Å²) in [7, 11) is 0. The molecule has 0 radical (unpaired) electrons. The second-order valence-corrected chi connectivity index (χ2v) is 7.01. The Balaban J connectivity index is 1.71. The van der Waals surface area contributed by atoms with Gasteiger partial charge in [0.2, 0.25) is 5.89 Å². The van der Waals surface area contributed by atoms with E-state index in [4.69, 9.17) is 24.8 Å². The molecule has 2 heterocycles. The zero-order chi connectivity index (χ0) is 20.6. The lowest BCUT2D eigenvalue weighted by molar-refractivity contribution is 0.140. The zero-order valence-electron chi connectivity index (χ0n) is 15.1. The summed E-state index contributed by atoms with van der Waals surface area (Å²) in [6.45, 7) is -0.861. The number of oxazole rings is 1. The number of fused-ring (bicyclic) bond motifs is 1. The normalized spacial score (nSPS) is 11.9. The molecule has 0 fully saturated rings. The quantitative estimate of drug-likeness (QED) is 0.561. The third-order valence-corrected chi connectivity index (χ3v) is 4.69. The summed E-state index contributed by atoms with van der Waals surface area (Å²) in [5, 5.41) is 27.1. The highest BCUT2D eigenvalue weighted by molar-refractivity contribution is 7.13. The lowest BCUT2D eigenvalue weighted by Gasteiger charge is -2.11. The molecule has 7 nitrogen and oxygen atoms in total. The number of aliphatic hydroxyl groups excluding tert-OH is 1. The molecule has 1 N–H and O–H groups in total. The van der Waals surface area contributed by atoms with E-state index in [0.29, 0.717) is 27.7 Å². The summed E-state index contributed by atoms with van der Waals surface area (Å²) in [5.74, 6) is 0.325. The van der Waals surface area contributed by atoms with Crippen LogP contribution >= 0.6 is 11.3 Å². The highest BCUT2D eigenvalue weighted by Crippen LogP contribution is 2.24. The Morgan fingerprint density at radius 1 is 1.34 bits per heavy atom. The number of hydrogen-bond donors (Lipinski definition) is 1. The molecule has 1 atom stereocenters. The van der Waals surface area contributed by atoms with Crippen LogP contribution in [-0.4, -0.2) is 35.0 Å². The first-order valence-corrected chi connectivity index (χ1v) is 9.33. The molecule has 1 unspecified atom stereocenters. The van der Waals surface area contributed by atoms with Gasteiger partial charge in [-0.2, -0.15) is 10.5 Å². The number of allylic oxidation sites excluding steroid dienone is 1. The smallest absolute Gasteiger partial charge is 0.220 e. The van der Waals surface area contributed by atoms with Gasteiger partial charge in [-0.15, -0.1) is 11.3 Å². The fourth-order valence-corrected chi connectivity index (χ4v) is 3.02. The zero-order valence-corrected chi connectivity index (χ0v) is 15.9. The third-order valence-electron chi connectivity index (χ3n) is 3.78. The molecule has 146 valence electrons. The van der Waals surface area contributed by atoms with Crippen molar-refractivity contribution in [2.24, 2.45) is 5.92 Å². The summed E-state index contributed by atoms with van der Waals surface area (Å²) < 4.78 is 23.8. The van der Waals surface area contributed by atoms with Crippen molar-refractivity contribution in [2.45, 2.75) is 0 Å². The molecule has 0 aliphatic heterocycles. The number of aromatic nitrogens is 2. The van der Waals surface area contributed by atoms with E-state index in [1.165, 1.54) is 17.4 Å². The number of nitrogens with zero attached hydrogens (tertiary/aromatic N) is 4. The highest BCUT2D eigenvalue weighted by Gasteiger charge is 2.10. The van der Waals surface area contributed by atoms with Gasteiger partial charge in [-0.25, -0.2) is 9.97 Å². The van der Waals surface area contributed by atoms with Crippen LogP contribution in [-0.2, 0) is 0 Å². The Bertz CT molecular complexity index is 1120. The van der Waals surface area contributed by atoms with E-state index in [2.05, 4.69) is 9.97 Å². The number of thiazole rings is 1. The molecular weight excluding hydrogens is 395 g/mol. The fourth-order valence-electron chi connectivity index (χ4n) is 2.25. The largest absolute Gasteiger partial charge is 0.493 e. The van der Waals surface area contributed by atoms with Gasteiger partial charge in [-0.1, -0.05) is 0 Å². The van der Waals surface area contributed by atoms with E-state index in [0.717, 1.165) is 4.88 Å². The topological polar surface area (TPSA) is 116 Å². The molecule has 0 aliphatic rings. The minimum absolute atomic E-state index is 0.0105. The number of rotatable bonds is 8. The maximum Gasteiger partial charge on any atom is 0.220 e. The lowest BCUT2D eigenvalue weighted by Crippen LogP contribution is -2.17. The third kappa shape index (κ3) is 5.26. The molecule has 2 aromatic heterocycles. The second kappa shape index (κ2) is 9.60. The van der Waals surface area contributed by atoms with Crippen molar-refractivity contribution in [1.82, 2.24) is 9.97 Å². The summed E-state index contributed by atoms with van der Waals surface area (Å²) in [5.41, 5.74) is 1.15. The molecule has 0 amide bonds. The molecular formula is C20H15FN4O3S. The van der Waals surface area contributed by atoms with Gasteiger partial charge in [0, 0.05) is 35.2 Å². The minimum atomic E-state index is -0.653. The van der Waals surface area contributed by atoms with Crippen molar-refractivity contribution >= 4 is 40.7 Å². The molecule has 0 saturated carbocycles. The average molecular weight is 410 g/mol. The average Bonchev–Trinajstić information content (AvgIpc) is 3.37. The maximum atomic E-state index is 12.6. The Kier molecular flexibility index (Phi) is 6.69. The summed E-state index contributed by atoms with van der Waals surface area (Å²) >= 11 is 1.32. The second-order valence-electron chi connectivity index (χ2n) is 5.91. The van der Waals surface area contributed by atoms with Crippen LogP contribution in [0.15, 0.2) is 34.4 Å². The van der Waals surface area contributed by atoms with Gasteiger partial charge in [0.05, 0.1) is 19.9 Å². The van der Waals surface area contributed by atoms with Gasteiger partial charge in [0.15, 0.2) is 5.58 Å². The summed E-state index contributed by atoms with van der Waals surface area (Å²) in [4.78, 5) is 9.30. The molecule has 29 heavy (non-hydrogen) atoms. The fraction of sp³-hybridized carbons (Fsp3) is 0.200. The van der Waals surface area contributed by atoms with E-state index in [9.17, 15) is 4.39 Å². The van der Waals surface area contributed by atoms with Crippen LogP contribution in [0.25, 0.3) is 29.3 Å². The van der Waals surface area contributed by atoms with Crippen LogP contribution in [0.4, 0.5) is 4.39 Å². The number of ether oxygens (including phenoxy) is 1. The first-order valence-electron chi connectivity index (χ1n) is 8.51. The van der Waals surface area contributed by atoms with E-state index >= 15 is 0 Å². The SMILES string of the molecule is N#CC(C#N)=Cc1ncc(/C=C/c2nc3ccc(OCC(CO)CF)cc3o2)s1. The monoisotopic (exact) mass is 410 g/mol. The molecule has 0 spiro atoms. The van der Waals surface area contributed by atoms with Gasteiger partial charge in [-0.05, 0) is 18.2 Å². The number of hydrogen-bond acceptors (Lipinski definition) is 8. The number of halogens is 1. The van der Waals surface area contributed by atoms with E-state index in [1.54, 1.807) is 48.7 Å². The van der Waals surface area contributed by atoms with Crippen LogP contribution in [0, 0.1) is 28.6 Å². The highest BCUT2D eigenvalue weighted by atomic mass is 32.1. The number of nitriles is 2. The van der Waals surface area contributed by atoms with Gasteiger partial charge >= 0.3 is 0 Å². The summed E-state index contributed by atoms with van der Waals surface area (Å²) in [6.07, 6.45) is 6.49. The summed E-state index contributed by atoms with van der Waals surface area (Å²) in [6, 6.07) is 8.68. The van der Waals surface area contributed by atoms with Crippen LogP contribution in [0.3, 0.4) is 0 Å². The number of alkyl halides is 1. The van der Waals surface area contributed by atoms with Crippen molar-refractivity contribution in [3.8, 4) is 17.9 Å². The Morgan fingerprint density at radius 3 is 2.90 bits per heavy atom. The molecule has 0 bridgehead atoms. The van der Waals surface area contributed by atoms with E-state index in [-0.39, 0.29) is 18.8 Å². The van der Waals surface area contributed by atoms with Crippen molar-refractivity contribution < 1.29 is 18.7 Å². The molecule has 1 aromatic carbocycles. The van der Waals surface area contributed by atoms with Crippen molar-refractivity contribution in [2.75, 3.05) is 19.9 Å². The Labute approximate surface area is 169 Å². The van der Waals surface area contributed by atoms with Gasteiger partial charge in [0.1, 0.15) is 34.0 Å². The van der Waals surface area contributed by atoms with E-state index < -0.39 is 12.6 Å². The van der Waals surface area contributed by atoms with Gasteiger partial charge < -0.3 is 14.3 Å². The molecule has 3 rings (SSSR count). The van der Waals surface area contributed by atoms with Crippen LogP contribution in [0.5, 0.6) is 5.75 Å². The minimum Gasteiger partial charge on any atom is -0.493 e. The maximum absolute atomic E-state index is 12.6. The first-order chi connectivity index (χ1) is 14.1. The predicted octanol–water partition coefficient (Wildman–Crippen LogP) is 3.84. The standard InChI is InChI=1S/C20H15FN4O3S/c21-7-14(11-26)12-27-15-1-3-17-18(6-15)28-19(25-17)4-2-16-10-24-20(29-16)5-13(8-22)9-23/h1-6,10,14,26H,7,11-12H2/b4-2+. The van der Waals surface area contributed by atoms with Crippen LogP contribution < -0.4 is 4.74 Å². The van der Waals surface area contributed by atoms with Crippen LogP contribution in [0.2, 0.25) is 0 Å². The Morgan fingerprint density at radius 2 is 2.17 bits per heavy atom. The van der Waals surface area contributed by atoms with Crippen molar-refractivity contribution in [3.05, 3.63) is 45.7 Å². The van der Waals surface area contributed by atoms with Crippen LogP contribution in [0.1, 0.15) is 15.8 Å². The van der Waals surface area contributed by atoms with Crippen molar-refractivity contribution in [3.63, 3.8) is 0 Å². The van der Waals surface area contributed by atoms with Gasteiger partial charge in [0.25, 0.3) is 0 Å². The first kappa shape index (κ1) is 20.2. The predicted molar refractivity (Wildman–Crippen MR) is 106 cm³/mol. The molecule has 0 saturated heterocycles. The molecule has 3 aromatic rings. The van der Waals surface area contributed by atoms with E-state index in [1.807, 2.05) is 0 Å². The van der Waals surface area contributed by atoms with Crippen molar-refractivity contribution in [1.29, 1.82) is 10.5 Å². The number of benzene rings is 1. The molecule has 0 aliphatic carbocycles. The lowest BCUT2D eigenvalue weighted by atomic mass is 10.2. The number of aliphatic hydroxyl groups is 1. The molecule has 9 heteroatoms.